The summed E-state index contributed by atoms with van der Waals surface area (Å²) in [5.74, 6) is 0. The molecule has 0 aromatic heterocycles. The van der Waals surface area contributed by atoms with Gasteiger partial charge >= 0.3 is 0 Å². The molecule has 0 atom stereocenters. The number of rotatable bonds is 27. The van der Waals surface area contributed by atoms with Crippen LogP contribution < -0.4 is 0 Å². The second-order valence-corrected chi connectivity index (χ2v) is 9.60. The van der Waals surface area contributed by atoms with Crippen molar-refractivity contribution in [2.24, 2.45) is 0 Å². The molecule has 0 N–H and O–H groups in total. The quantitative estimate of drug-likeness (QED) is 0.0870. The van der Waals surface area contributed by atoms with Gasteiger partial charge in [-0.25, -0.2) is 4.39 Å². The lowest BCUT2D eigenvalue weighted by Gasteiger charge is -2.36. The highest BCUT2D eigenvalue weighted by molar-refractivity contribution is 5.47. The van der Waals surface area contributed by atoms with Crippen LogP contribution in [-0.4, -0.2) is 106 Å². The lowest BCUT2D eigenvalue weighted by atomic mass is 9.80. The van der Waals surface area contributed by atoms with E-state index >= 15 is 0 Å². The fourth-order valence-corrected chi connectivity index (χ4v) is 4.50. The highest BCUT2D eigenvalue weighted by Gasteiger charge is 2.37. The van der Waals surface area contributed by atoms with Crippen LogP contribution in [-0.2, 0) is 43.5 Å². The fourth-order valence-electron chi connectivity index (χ4n) is 4.50. The highest BCUT2D eigenvalue weighted by Crippen LogP contribution is 2.40. The Labute approximate surface area is 261 Å². The third-order valence-corrected chi connectivity index (χ3v) is 6.54. The third-order valence-electron chi connectivity index (χ3n) is 6.54. The zero-order valence-corrected chi connectivity index (χ0v) is 25.6. The molecule has 0 saturated carbocycles. The standard InChI is InChI=1S/C35H47FO8/c36-16-17-37-18-19-38-20-21-39-22-23-40-24-25-41-26-27-42-28-29-43-30-31-44-35(32-10-4-1-5-11-32,33-12-6-2-7-13-33)34-14-8-3-9-15-34/h1-15H,16-31H2. The van der Waals surface area contributed by atoms with Crippen LogP contribution in [0.25, 0.3) is 0 Å². The van der Waals surface area contributed by atoms with Crippen molar-refractivity contribution in [1.82, 2.24) is 0 Å². The molecular formula is C35H47FO8. The van der Waals surface area contributed by atoms with Crippen LogP contribution in [0.1, 0.15) is 16.7 Å². The third kappa shape index (κ3) is 13.5. The summed E-state index contributed by atoms with van der Waals surface area (Å²) < 4.78 is 56.7. The Morgan fingerprint density at radius 1 is 0.341 bits per heavy atom. The van der Waals surface area contributed by atoms with E-state index in [2.05, 4.69) is 36.4 Å². The van der Waals surface area contributed by atoms with Crippen LogP contribution in [0, 0.1) is 0 Å². The molecule has 242 valence electrons. The van der Waals surface area contributed by atoms with Gasteiger partial charge in [-0.05, 0) is 16.7 Å². The molecule has 0 bridgehead atoms. The van der Waals surface area contributed by atoms with Gasteiger partial charge in [-0.1, -0.05) is 91.0 Å². The second-order valence-electron chi connectivity index (χ2n) is 9.60. The van der Waals surface area contributed by atoms with Crippen LogP contribution >= 0.6 is 0 Å². The van der Waals surface area contributed by atoms with Crippen LogP contribution in [0.15, 0.2) is 91.0 Å². The number of alkyl halides is 1. The van der Waals surface area contributed by atoms with Gasteiger partial charge in [0, 0.05) is 0 Å². The largest absolute Gasteiger partial charge is 0.377 e. The molecular weight excluding hydrogens is 567 g/mol. The van der Waals surface area contributed by atoms with Crippen molar-refractivity contribution in [3.63, 3.8) is 0 Å². The summed E-state index contributed by atoms with van der Waals surface area (Å²) in [6.45, 7) is 6.16. The molecule has 8 nitrogen and oxygen atoms in total. The Morgan fingerprint density at radius 2 is 0.591 bits per heavy atom. The molecule has 9 heteroatoms. The van der Waals surface area contributed by atoms with Crippen molar-refractivity contribution in [2.75, 3.05) is 106 Å². The molecule has 0 radical (unpaired) electrons. The summed E-state index contributed by atoms with van der Waals surface area (Å²) in [6, 6.07) is 30.9. The first-order valence-electron chi connectivity index (χ1n) is 15.3. The lowest BCUT2D eigenvalue weighted by Crippen LogP contribution is -2.34. The summed E-state index contributed by atoms with van der Waals surface area (Å²) in [7, 11) is 0. The molecule has 0 aliphatic heterocycles. The topological polar surface area (TPSA) is 73.8 Å². The predicted molar refractivity (Wildman–Crippen MR) is 167 cm³/mol. The molecule has 0 unspecified atom stereocenters. The van der Waals surface area contributed by atoms with Crippen molar-refractivity contribution >= 4 is 0 Å². The molecule has 0 fully saturated rings. The van der Waals surface area contributed by atoms with E-state index in [-0.39, 0.29) is 6.61 Å². The zero-order valence-electron chi connectivity index (χ0n) is 25.6. The van der Waals surface area contributed by atoms with E-state index in [4.69, 9.17) is 37.9 Å². The van der Waals surface area contributed by atoms with Crippen LogP contribution in [0.3, 0.4) is 0 Å². The first kappa shape index (κ1) is 35.7. The summed E-state index contributed by atoms with van der Waals surface area (Å²) in [4.78, 5) is 0. The van der Waals surface area contributed by atoms with Crippen molar-refractivity contribution in [3.8, 4) is 0 Å². The van der Waals surface area contributed by atoms with E-state index in [0.29, 0.717) is 92.5 Å². The first-order chi connectivity index (χ1) is 21.9. The van der Waals surface area contributed by atoms with E-state index in [1.54, 1.807) is 0 Å². The molecule has 3 rings (SSSR count). The molecule has 0 aliphatic carbocycles. The van der Waals surface area contributed by atoms with Crippen molar-refractivity contribution in [3.05, 3.63) is 108 Å². The monoisotopic (exact) mass is 614 g/mol. The maximum Gasteiger partial charge on any atom is 0.143 e. The van der Waals surface area contributed by atoms with Gasteiger partial charge in [-0.3, -0.25) is 0 Å². The van der Waals surface area contributed by atoms with E-state index in [9.17, 15) is 4.39 Å². The number of benzene rings is 3. The number of halogens is 1. The van der Waals surface area contributed by atoms with E-state index in [0.717, 1.165) is 16.7 Å². The van der Waals surface area contributed by atoms with Gasteiger partial charge in [0.1, 0.15) is 12.3 Å². The second kappa shape index (κ2) is 23.6. The number of hydrogen-bond acceptors (Lipinski definition) is 8. The minimum Gasteiger partial charge on any atom is -0.377 e. The number of hydrogen-bond donors (Lipinski definition) is 0. The van der Waals surface area contributed by atoms with Crippen LogP contribution in [0.5, 0.6) is 0 Å². The maximum absolute atomic E-state index is 11.9. The lowest BCUT2D eigenvalue weighted by molar-refractivity contribution is -0.0397. The molecule has 0 heterocycles. The predicted octanol–water partition coefficient (Wildman–Crippen LogP) is 5.08. The Morgan fingerprint density at radius 3 is 0.864 bits per heavy atom. The Bertz CT molecular complexity index is 961. The Kier molecular flexibility index (Phi) is 19.2. The molecule has 3 aromatic rings. The van der Waals surface area contributed by atoms with E-state index < -0.39 is 12.3 Å². The SMILES string of the molecule is FCCOCCOCCOCCOCCOCCOCCOCCOC(c1ccccc1)(c1ccccc1)c1ccccc1. The Hall–Kier alpha value is -2.73. The van der Waals surface area contributed by atoms with Gasteiger partial charge in [0.15, 0.2) is 0 Å². The Balaban J connectivity index is 1.21. The van der Waals surface area contributed by atoms with Crippen LogP contribution in [0.4, 0.5) is 4.39 Å². The van der Waals surface area contributed by atoms with Gasteiger partial charge < -0.3 is 37.9 Å². The van der Waals surface area contributed by atoms with Gasteiger partial charge in [0.2, 0.25) is 0 Å². The van der Waals surface area contributed by atoms with Gasteiger partial charge in [0.25, 0.3) is 0 Å². The highest BCUT2D eigenvalue weighted by atomic mass is 19.1. The minimum absolute atomic E-state index is 0.113. The number of ether oxygens (including phenoxy) is 8. The molecule has 0 amide bonds. The van der Waals surface area contributed by atoms with Crippen LogP contribution in [0.2, 0.25) is 0 Å². The fraction of sp³-hybridized carbons (Fsp3) is 0.486. The first-order valence-corrected chi connectivity index (χ1v) is 15.3. The molecule has 0 saturated heterocycles. The van der Waals surface area contributed by atoms with Crippen molar-refractivity contribution in [1.29, 1.82) is 0 Å². The van der Waals surface area contributed by atoms with Gasteiger partial charge in [-0.2, -0.15) is 0 Å². The van der Waals surface area contributed by atoms with Crippen molar-refractivity contribution in [2.45, 2.75) is 5.60 Å². The maximum atomic E-state index is 11.9. The zero-order chi connectivity index (χ0) is 30.8. The molecule has 0 spiro atoms. The van der Waals surface area contributed by atoms with E-state index in [1.807, 2.05) is 54.6 Å². The molecule has 3 aromatic carbocycles. The summed E-state index contributed by atoms with van der Waals surface area (Å²) in [5, 5.41) is 0. The van der Waals surface area contributed by atoms with Crippen molar-refractivity contribution < 1.29 is 42.3 Å². The summed E-state index contributed by atoms with van der Waals surface area (Å²) >= 11 is 0. The normalized spacial score (nSPS) is 11.7. The minimum atomic E-state index is -0.749. The molecule has 0 aliphatic rings. The average Bonchev–Trinajstić information content (AvgIpc) is 3.08. The summed E-state index contributed by atoms with van der Waals surface area (Å²) in [6.07, 6.45) is 0. The average molecular weight is 615 g/mol. The van der Waals surface area contributed by atoms with Gasteiger partial charge in [0.05, 0.1) is 99.1 Å². The van der Waals surface area contributed by atoms with E-state index in [1.165, 1.54) is 0 Å². The van der Waals surface area contributed by atoms with Gasteiger partial charge in [-0.15, -0.1) is 0 Å². The molecule has 44 heavy (non-hydrogen) atoms. The smallest absolute Gasteiger partial charge is 0.143 e. The summed E-state index contributed by atoms with van der Waals surface area (Å²) in [5.41, 5.74) is 2.45.